The highest BCUT2D eigenvalue weighted by Gasteiger charge is 2.07. The van der Waals surface area contributed by atoms with Gasteiger partial charge in [0.1, 0.15) is 5.01 Å². The molecule has 3 nitrogen and oxygen atoms in total. The summed E-state index contributed by atoms with van der Waals surface area (Å²) in [4.78, 5) is 4.07. The number of rotatable bonds is 2. The molecule has 1 heterocycles. The summed E-state index contributed by atoms with van der Waals surface area (Å²) in [5.74, 6) is 0.898. The molecule has 0 fully saturated rings. The molecule has 0 aliphatic carbocycles. The van der Waals surface area contributed by atoms with Crippen molar-refractivity contribution >= 4 is 17.5 Å². The molecule has 0 saturated heterocycles. The molecule has 1 atom stereocenters. The zero-order chi connectivity index (χ0) is 7.56. The predicted octanol–water partition coefficient (Wildman–Crippen LogP) is 1.63. The zero-order valence-electron chi connectivity index (χ0n) is 6.16. The van der Waals surface area contributed by atoms with Gasteiger partial charge in [0.2, 0.25) is 5.95 Å². The molecule has 1 aromatic rings. The van der Waals surface area contributed by atoms with Crippen LogP contribution in [0.2, 0.25) is 0 Å². The van der Waals surface area contributed by atoms with Crippen LogP contribution in [0.5, 0.6) is 0 Å². The first-order valence-corrected chi connectivity index (χ1v) is 4.10. The minimum absolute atomic E-state index is 0.403. The fraction of sp³-hybridized carbons (Fsp3) is 0.667. The standard InChI is InChI=1S/C6H11N3S/c1-3-4(2)5-8-6(7)9-10-5/h4H,3H2,1-2H3,(H2,7,9). The van der Waals surface area contributed by atoms with Gasteiger partial charge in [0, 0.05) is 5.92 Å². The molecule has 0 aromatic carbocycles. The SMILES string of the molecule is CCC(C)c1nc(N)ns1. The number of anilines is 1. The van der Waals surface area contributed by atoms with Gasteiger partial charge >= 0.3 is 0 Å². The molecule has 1 aromatic heterocycles. The average Bonchev–Trinajstić information content (AvgIpc) is 2.34. The van der Waals surface area contributed by atoms with Crippen molar-refractivity contribution in [3.05, 3.63) is 5.01 Å². The van der Waals surface area contributed by atoms with Gasteiger partial charge in [-0.3, -0.25) is 0 Å². The van der Waals surface area contributed by atoms with E-state index in [4.69, 9.17) is 5.73 Å². The van der Waals surface area contributed by atoms with Crippen LogP contribution >= 0.6 is 11.5 Å². The number of nitrogens with zero attached hydrogens (tertiary/aromatic N) is 2. The number of aromatic nitrogens is 2. The summed E-state index contributed by atoms with van der Waals surface area (Å²) >= 11 is 1.40. The Labute approximate surface area is 64.5 Å². The minimum Gasteiger partial charge on any atom is -0.367 e. The van der Waals surface area contributed by atoms with Crippen LogP contribution in [0.4, 0.5) is 5.95 Å². The number of hydrogen-bond donors (Lipinski definition) is 1. The normalized spacial score (nSPS) is 13.4. The third kappa shape index (κ3) is 1.44. The van der Waals surface area contributed by atoms with Crippen LogP contribution in [-0.4, -0.2) is 9.36 Å². The maximum Gasteiger partial charge on any atom is 0.232 e. The lowest BCUT2D eigenvalue weighted by molar-refractivity contribution is 0.727. The molecule has 2 N–H and O–H groups in total. The van der Waals surface area contributed by atoms with E-state index in [1.54, 1.807) is 0 Å². The molecule has 1 rings (SSSR count). The van der Waals surface area contributed by atoms with Crippen molar-refractivity contribution in [2.75, 3.05) is 5.73 Å². The molecule has 0 radical (unpaired) electrons. The molecule has 10 heavy (non-hydrogen) atoms. The van der Waals surface area contributed by atoms with Gasteiger partial charge in [-0.25, -0.2) is 4.98 Å². The average molecular weight is 157 g/mol. The molecule has 4 heteroatoms. The van der Waals surface area contributed by atoms with E-state index in [-0.39, 0.29) is 0 Å². The summed E-state index contributed by atoms with van der Waals surface area (Å²) in [7, 11) is 0. The topological polar surface area (TPSA) is 51.8 Å². The molecule has 0 aliphatic heterocycles. The number of hydrogen-bond acceptors (Lipinski definition) is 4. The third-order valence-corrected chi connectivity index (χ3v) is 2.45. The second-order valence-corrected chi connectivity index (χ2v) is 3.08. The van der Waals surface area contributed by atoms with Gasteiger partial charge in [0.25, 0.3) is 0 Å². The second kappa shape index (κ2) is 2.96. The highest BCUT2D eigenvalue weighted by atomic mass is 32.1. The van der Waals surface area contributed by atoms with Crippen LogP contribution in [0.15, 0.2) is 0 Å². The number of nitrogen functional groups attached to an aromatic ring is 1. The monoisotopic (exact) mass is 157 g/mol. The minimum atomic E-state index is 0.403. The lowest BCUT2D eigenvalue weighted by Gasteiger charge is -1.99. The lowest BCUT2D eigenvalue weighted by atomic mass is 10.1. The molecular weight excluding hydrogens is 146 g/mol. The van der Waals surface area contributed by atoms with Gasteiger partial charge in [-0.2, -0.15) is 4.37 Å². The van der Waals surface area contributed by atoms with E-state index in [0.29, 0.717) is 11.9 Å². The maximum absolute atomic E-state index is 5.36. The van der Waals surface area contributed by atoms with E-state index in [1.165, 1.54) is 11.5 Å². The largest absolute Gasteiger partial charge is 0.367 e. The summed E-state index contributed by atoms with van der Waals surface area (Å²) < 4.78 is 3.89. The zero-order valence-corrected chi connectivity index (χ0v) is 6.98. The quantitative estimate of drug-likeness (QED) is 0.710. The number of nitrogens with two attached hydrogens (primary N) is 1. The van der Waals surface area contributed by atoms with E-state index < -0.39 is 0 Å². The molecule has 0 aliphatic rings. The first-order chi connectivity index (χ1) is 4.74. The molecule has 56 valence electrons. The fourth-order valence-electron chi connectivity index (χ4n) is 0.622. The Morgan fingerprint density at radius 2 is 2.40 bits per heavy atom. The summed E-state index contributed by atoms with van der Waals surface area (Å²) in [5, 5.41) is 1.04. The van der Waals surface area contributed by atoms with Crippen molar-refractivity contribution in [3.63, 3.8) is 0 Å². The Morgan fingerprint density at radius 1 is 1.70 bits per heavy atom. The Kier molecular flexibility index (Phi) is 2.21. The van der Waals surface area contributed by atoms with Crippen LogP contribution in [-0.2, 0) is 0 Å². The predicted molar refractivity (Wildman–Crippen MR) is 43.0 cm³/mol. The third-order valence-electron chi connectivity index (χ3n) is 1.49. The lowest BCUT2D eigenvalue weighted by Crippen LogP contribution is -1.91. The van der Waals surface area contributed by atoms with Gasteiger partial charge in [-0.1, -0.05) is 13.8 Å². The van der Waals surface area contributed by atoms with Gasteiger partial charge in [0.15, 0.2) is 0 Å². The highest BCUT2D eigenvalue weighted by molar-refractivity contribution is 7.05. The summed E-state index contributed by atoms with van der Waals surface area (Å²) in [6.07, 6.45) is 1.09. The Hall–Kier alpha value is -0.640. The Balaban J connectivity index is 2.74. The van der Waals surface area contributed by atoms with Gasteiger partial charge in [-0.05, 0) is 18.0 Å². The van der Waals surface area contributed by atoms with Crippen molar-refractivity contribution in [2.45, 2.75) is 26.2 Å². The van der Waals surface area contributed by atoms with Crippen molar-refractivity contribution in [3.8, 4) is 0 Å². The van der Waals surface area contributed by atoms with Crippen LogP contribution in [0.1, 0.15) is 31.2 Å². The van der Waals surface area contributed by atoms with Crippen molar-refractivity contribution in [1.82, 2.24) is 9.36 Å². The Bertz CT molecular complexity index is 209. The first-order valence-electron chi connectivity index (χ1n) is 3.33. The van der Waals surface area contributed by atoms with Crippen LogP contribution < -0.4 is 5.73 Å². The van der Waals surface area contributed by atoms with E-state index in [2.05, 4.69) is 23.2 Å². The molecule has 0 amide bonds. The fourth-order valence-corrected chi connectivity index (χ4v) is 1.33. The molecular formula is C6H11N3S. The van der Waals surface area contributed by atoms with E-state index >= 15 is 0 Å². The second-order valence-electron chi connectivity index (χ2n) is 2.30. The van der Waals surface area contributed by atoms with Crippen molar-refractivity contribution in [2.24, 2.45) is 0 Å². The van der Waals surface area contributed by atoms with Gasteiger partial charge < -0.3 is 5.73 Å². The van der Waals surface area contributed by atoms with Gasteiger partial charge in [-0.15, -0.1) is 0 Å². The Morgan fingerprint density at radius 3 is 2.80 bits per heavy atom. The summed E-state index contributed by atoms with van der Waals surface area (Å²) in [6.45, 7) is 4.25. The summed E-state index contributed by atoms with van der Waals surface area (Å²) in [5.41, 5.74) is 5.36. The first kappa shape index (κ1) is 7.47. The highest BCUT2D eigenvalue weighted by Crippen LogP contribution is 2.20. The van der Waals surface area contributed by atoms with Gasteiger partial charge in [0.05, 0.1) is 0 Å². The van der Waals surface area contributed by atoms with Crippen LogP contribution in [0.25, 0.3) is 0 Å². The van der Waals surface area contributed by atoms with Crippen LogP contribution in [0, 0.1) is 0 Å². The molecule has 0 saturated carbocycles. The van der Waals surface area contributed by atoms with E-state index in [1.807, 2.05) is 0 Å². The molecule has 0 spiro atoms. The van der Waals surface area contributed by atoms with Crippen LogP contribution in [0.3, 0.4) is 0 Å². The van der Waals surface area contributed by atoms with Crippen molar-refractivity contribution in [1.29, 1.82) is 0 Å². The summed E-state index contributed by atoms with van der Waals surface area (Å²) in [6, 6.07) is 0. The maximum atomic E-state index is 5.36. The van der Waals surface area contributed by atoms with E-state index in [9.17, 15) is 0 Å². The molecule has 0 bridgehead atoms. The molecule has 1 unspecified atom stereocenters. The van der Waals surface area contributed by atoms with Crippen molar-refractivity contribution < 1.29 is 0 Å². The smallest absolute Gasteiger partial charge is 0.232 e. The van der Waals surface area contributed by atoms with E-state index in [0.717, 1.165) is 11.4 Å².